The molecule has 0 aliphatic carbocycles. The van der Waals surface area contributed by atoms with Crippen molar-refractivity contribution in [3.05, 3.63) is 23.8 Å². The van der Waals surface area contributed by atoms with Crippen LogP contribution in [-0.2, 0) is 14.8 Å². The van der Waals surface area contributed by atoms with Gasteiger partial charge in [0.25, 0.3) is 0 Å². The number of nitrogens with one attached hydrogen (secondary N) is 1. The van der Waals surface area contributed by atoms with E-state index in [1.54, 1.807) is 13.0 Å². The molecular formula is C11H18N2O3S. The fraction of sp³-hybridized carbons (Fsp3) is 0.455. The summed E-state index contributed by atoms with van der Waals surface area (Å²) >= 11 is 0. The third-order valence-corrected chi connectivity index (χ3v) is 3.92. The van der Waals surface area contributed by atoms with Crippen molar-refractivity contribution in [2.24, 2.45) is 0 Å². The highest BCUT2D eigenvalue weighted by molar-refractivity contribution is 7.89. The van der Waals surface area contributed by atoms with Crippen LogP contribution >= 0.6 is 0 Å². The van der Waals surface area contributed by atoms with Crippen LogP contribution in [0.4, 0.5) is 5.69 Å². The fourth-order valence-electron chi connectivity index (χ4n) is 1.40. The first-order valence-electron chi connectivity index (χ1n) is 5.24. The van der Waals surface area contributed by atoms with Crippen molar-refractivity contribution in [2.75, 3.05) is 19.5 Å². The lowest BCUT2D eigenvalue weighted by atomic mass is 10.2. The molecule has 1 atom stereocenters. The predicted octanol–water partition coefficient (Wildman–Crippen LogP) is 0.890. The second-order valence-electron chi connectivity index (χ2n) is 4.00. The zero-order valence-corrected chi connectivity index (χ0v) is 11.0. The van der Waals surface area contributed by atoms with Crippen molar-refractivity contribution >= 4 is 15.7 Å². The van der Waals surface area contributed by atoms with Crippen molar-refractivity contribution in [3.63, 3.8) is 0 Å². The molecule has 1 aromatic carbocycles. The molecule has 96 valence electrons. The third-order valence-electron chi connectivity index (χ3n) is 2.33. The highest BCUT2D eigenvalue weighted by Gasteiger charge is 2.17. The molecule has 0 spiro atoms. The molecule has 0 saturated carbocycles. The first-order chi connectivity index (χ1) is 7.86. The van der Waals surface area contributed by atoms with E-state index in [4.69, 9.17) is 10.5 Å². The minimum atomic E-state index is -3.53. The Hall–Kier alpha value is -1.11. The number of rotatable bonds is 5. The number of hydrogen-bond acceptors (Lipinski definition) is 4. The van der Waals surface area contributed by atoms with Gasteiger partial charge < -0.3 is 10.5 Å². The molecule has 0 fully saturated rings. The molecule has 0 radical (unpaired) electrons. The van der Waals surface area contributed by atoms with E-state index in [1.807, 2.05) is 6.92 Å². The zero-order chi connectivity index (χ0) is 13.1. The van der Waals surface area contributed by atoms with Crippen molar-refractivity contribution in [1.29, 1.82) is 0 Å². The molecule has 0 bridgehead atoms. The van der Waals surface area contributed by atoms with Crippen molar-refractivity contribution in [2.45, 2.75) is 24.8 Å². The van der Waals surface area contributed by atoms with Crippen molar-refractivity contribution in [1.82, 2.24) is 4.72 Å². The van der Waals surface area contributed by atoms with Gasteiger partial charge in [-0.3, -0.25) is 0 Å². The third kappa shape index (κ3) is 3.69. The fourth-order valence-corrected chi connectivity index (χ4v) is 2.67. The predicted molar refractivity (Wildman–Crippen MR) is 67.3 cm³/mol. The number of anilines is 1. The largest absolute Gasteiger partial charge is 0.398 e. The monoisotopic (exact) mass is 258 g/mol. The molecule has 0 saturated heterocycles. The molecule has 6 heteroatoms. The quantitative estimate of drug-likeness (QED) is 0.769. The summed E-state index contributed by atoms with van der Waals surface area (Å²) in [5.41, 5.74) is 7.01. The van der Waals surface area contributed by atoms with E-state index in [9.17, 15) is 8.42 Å². The Morgan fingerprint density at radius 2 is 2.12 bits per heavy atom. The lowest BCUT2D eigenvalue weighted by Gasteiger charge is -2.13. The summed E-state index contributed by atoms with van der Waals surface area (Å²) in [5, 5.41) is 0. The van der Waals surface area contributed by atoms with Crippen molar-refractivity contribution in [3.8, 4) is 0 Å². The first kappa shape index (κ1) is 14.0. The van der Waals surface area contributed by atoms with E-state index in [0.717, 1.165) is 5.56 Å². The number of ether oxygens (including phenoxy) is 1. The molecule has 0 heterocycles. The van der Waals surface area contributed by atoms with Crippen molar-refractivity contribution < 1.29 is 13.2 Å². The van der Waals surface area contributed by atoms with Crippen LogP contribution < -0.4 is 10.5 Å². The summed E-state index contributed by atoms with van der Waals surface area (Å²) in [6.45, 7) is 3.88. The van der Waals surface area contributed by atoms with Crippen LogP contribution in [0.5, 0.6) is 0 Å². The first-order valence-corrected chi connectivity index (χ1v) is 6.72. The summed E-state index contributed by atoms with van der Waals surface area (Å²) in [7, 11) is -2.01. The van der Waals surface area contributed by atoms with E-state index in [-0.39, 0.29) is 10.9 Å². The van der Waals surface area contributed by atoms with Gasteiger partial charge in [0.15, 0.2) is 0 Å². The molecule has 0 aromatic heterocycles. The maximum atomic E-state index is 12.0. The number of aryl methyl sites for hydroxylation is 1. The van der Waals surface area contributed by atoms with Crippen LogP contribution in [0.3, 0.4) is 0 Å². The molecule has 5 nitrogen and oxygen atoms in total. The van der Waals surface area contributed by atoms with E-state index in [2.05, 4.69) is 4.72 Å². The van der Waals surface area contributed by atoms with Gasteiger partial charge in [0.05, 0.1) is 11.5 Å². The molecule has 1 rings (SSSR count). The van der Waals surface area contributed by atoms with Crippen LogP contribution in [0.2, 0.25) is 0 Å². The van der Waals surface area contributed by atoms with E-state index in [0.29, 0.717) is 12.3 Å². The van der Waals surface area contributed by atoms with Gasteiger partial charge in [-0.1, -0.05) is 6.07 Å². The molecule has 0 aliphatic rings. The second kappa shape index (κ2) is 5.48. The van der Waals surface area contributed by atoms with E-state index < -0.39 is 10.0 Å². The van der Waals surface area contributed by atoms with Gasteiger partial charge in [-0.2, -0.15) is 0 Å². The topological polar surface area (TPSA) is 81.4 Å². The van der Waals surface area contributed by atoms with Gasteiger partial charge in [-0.15, -0.1) is 0 Å². The smallest absolute Gasteiger partial charge is 0.240 e. The summed E-state index contributed by atoms with van der Waals surface area (Å²) in [4.78, 5) is 0.170. The summed E-state index contributed by atoms with van der Waals surface area (Å²) < 4.78 is 31.3. The SMILES string of the molecule is COCC(C)NS(=O)(=O)c1ccc(C)c(N)c1. The van der Waals surface area contributed by atoms with E-state index >= 15 is 0 Å². The molecule has 0 amide bonds. The Morgan fingerprint density at radius 3 is 2.65 bits per heavy atom. The van der Waals surface area contributed by atoms with Gasteiger partial charge in [-0.05, 0) is 31.5 Å². The van der Waals surface area contributed by atoms with Gasteiger partial charge in [0.1, 0.15) is 0 Å². The van der Waals surface area contributed by atoms with Crippen LogP contribution in [0.1, 0.15) is 12.5 Å². The number of methoxy groups -OCH3 is 1. The Balaban J connectivity index is 2.93. The van der Waals surface area contributed by atoms with E-state index in [1.165, 1.54) is 19.2 Å². The minimum Gasteiger partial charge on any atom is -0.398 e. The van der Waals surface area contributed by atoms with Gasteiger partial charge in [-0.25, -0.2) is 13.1 Å². The van der Waals surface area contributed by atoms with Crippen LogP contribution in [0, 0.1) is 6.92 Å². The average molecular weight is 258 g/mol. The standard InChI is InChI=1S/C11H18N2O3S/c1-8-4-5-10(6-11(8)12)17(14,15)13-9(2)7-16-3/h4-6,9,13H,7,12H2,1-3H3. The Bertz CT molecular complexity index is 485. The number of nitrogens with two attached hydrogens (primary N) is 1. The average Bonchev–Trinajstić information content (AvgIpc) is 2.21. The number of nitrogen functional groups attached to an aromatic ring is 1. The van der Waals surface area contributed by atoms with Gasteiger partial charge >= 0.3 is 0 Å². The normalized spacial score (nSPS) is 13.6. The molecule has 17 heavy (non-hydrogen) atoms. The molecular weight excluding hydrogens is 240 g/mol. The van der Waals surface area contributed by atoms with Crippen LogP contribution in [0.15, 0.2) is 23.1 Å². The number of benzene rings is 1. The Labute approximate surface area is 102 Å². The minimum absolute atomic E-state index is 0.170. The highest BCUT2D eigenvalue weighted by Crippen LogP contribution is 2.17. The maximum absolute atomic E-state index is 12.0. The Morgan fingerprint density at radius 1 is 1.47 bits per heavy atom. The summed E-state index contributed by atoms with van der Waals surface area (Å²) in [6.07, 6.45) is 0. The van der Waals surface area contributed by atoms with Gasteiger partial charge in [0.2, 0.25) is 10.0 Å². The number of hydrogen-bond donors (Lipinski definition) is 2. The molecule has 3 N–H and O–H groups in total. The van der Waals surface area contributed by atoms with Gasteiger partial charge in [0, 0.05) is 18.8 Å². The lowest BCUT2D eigenvalue weighted by Crippen LogP contribution is -2.35. The maximum Gasteiger partial charge on any atom is 0.240 e. The lowest BCUT2D eigenvalue weighted by molar-refractivity contribution is 0.180. The number of sulfonamides is 1. The summed E-state index contributed by atoms with van der Waals surface area (Å²) in [5.74, 6) is 0. The molecule has 1 unspecified atom stereocenters. The second-order valence-corrected chi connectivity index (χ2v) is 5.71. The summed E-state index contributed by atoms with van der Waals surface area (Å²) in [6, 6.07) is 4.39. The van der Waals surface area contributed by atoms with Crippen LogP contribution in [0.25, 0.3) is 0 Å². The zero-order valence-electron chi connectivity index (χ0n) is 10.2. The molecule has 1 aromatic rings. The highest BCUT2D eigenvalue weighted by atomic mass is 32.2. The molecule has 0 aliphatic heterocycles. The van der Waals surface area contributed by atoms with Crippen LogP contribution in [-0.4, -0.2) is 28.2 Å². The Kier molecular flexibility index (Phi) is 4.50.